The second-order valence-electron chi connectivity index (χ2n) is 9.17. The summed E-state index contributed by atoms with van der Waals surface area (Å²) >= 11 is 0. The number of aliphatic hydroxyl groups excluding tert-OH is 1. The Morgan fingerprint density at radius 3 is 2.17 bits per heavy atom. The number of carbonyl (C=O) groups excluding carboxylic acids is 1. The van der Waals surface area contributed by atoms with Crippen molar-refractivity contribution in [3.8, 4) is 0 Å². The molecule has 2 aliphatic carbocycles. The molecule has 4 heteroatoms. The lowest BCUT2D eigenvalue weighted by Gasteiger charge is -2.37. The molecule has 2 saturated carbocycles. The number of rotatable bonds is 5. The predicted octanol–water partition coefficient (Wildman–Crippen LogP) is 4.33. The van der Waals surface area contributed by atoms with Gasteiger partial charge in [0.1, 0.15) is 5.54 Å². The fourth-order valence-electron chi connectivity index (χ4n) is 5.33. The SMILES string of the molecule is Cc1ccc(NC(C)(C(=O)N(C)C2C[C@H]3CC(O)C[C@H]3C2)c2ccccc2)cc1. The monoisotopic (exact) mass is 392 g/mol. The minimum Gasteiger partial charge on any atom is -0.393 e. The highest BCUT2D eigenvalue weighted by atomic mass is 16.3. The average molecular weight is 393 g/mol. The van der Waals surface area contributed by atoms with Crippen LogP contribution in [0.15, 0.2) is 54.6 Å². The number of nitrogens with zero attached hydrogens (tertiary/aromatic N) is 1. The highest BCUT2D eigenvalue weighted by Crippen LogP contribution is 2.46. The van der Waals surface area contributed by atoms with E-state index in [9.17, 15) is 9.90 Å². The lowest BCUT2D eigenvalue weighted by Crippen LogP contribution is -2.51. The highest BCUT2D eigenvalue weighted by molar-refractivity contribution is 5.90. The Morgan fingerprint density at radius 2 is 1.59 bits per heavy atom. The molecule has 0 saturated heterocycles. The number of aliphatic hydroxyl groups is 1. The van der Waals surface area contributed by atoms with Crippen LogP contribution in [0.4, 0.5) is 5.69 Å². The van der Waals surface area contributed by atoms with Crippen molar-refractivity contribution < 1.29 is 9.90 Å². The van der Waals surface area contributed by atoms with Gasteiger partial charge in [-0.2, -0.15) is 0 Å². The van der Waals surface area contributed by atoms with Crippen LogP contribution in [0.5, 0.6) is 0 Å². The molecular weight excluding hydrogens is 360 g/mol. The van der Waals surface area contributed by atoms with E-state index in [0.717, 1.165) is 36.9 Å². The van der Waals surface area contributed by atoms with Crippen molar-refractivity contribution in [2.24, 2.45) is 11.8 Å². The number of hydrogen-bond acceptors (Lipinski definition) is 3. The van der Waals surface area contributed by atoms with Gasteiger partial charge >= 0.3 is 0 Å². The van der Waals surface area contributed by atoms with E-state index in [-0.39, 0.29) is 18.1 Å². The van der Waals surface area contributed by atoms with E-state index >= 15 is 0 Å². The third-order valence-electron chi connectivity index (χ3n) is 7.06. The van der Waals surface area contributed by atoms with Gasteiger partial charge in [0.2, 0.25) is 0 Å². The number of nitrogens with one attached hydrogen (secondary N) is 1. The average Bonchev–Trinajstić information content (AvgIpc) is 3.26. The van der Waals surface area contributed by atoms with E-state index in [4.69, 9.17) is 0 Å². The number of fused-ring (bicyclic) bond motifs is 1. The van der Waals surface area contributed by atoms with Gasteiger partial charge in [-0.05, 0) is 69.1 Å². The lowest BCUT2D eigenvalue weighted by atomic mass is 9.89. The summed E-state index contributed by atoms with van der Waals surface area (Å²) in [6, 6.07) is 18.4. The van der Waals surface area contributed by atoms with E-state index in [1.807, 2.05) is 61.3 Å². The van der Waals surface area contributed by atoms with E-state index in [1.165, 1.54) is 5.56 Å². The van der Waals surface area contributed by atoms with Gasteiger partial charge in [0, 0.05) is 18.8 Å². The van der Waals surface area contributed by atoms with Gasteiger partial charge in [0.25, 0.3) is 5.91 Å². The molecule has 0 aromatic heterocycles. The van der Waals surface area contributed by atoms with Crippen LogP contribution in [-0.2, 0) is 10.3 Å². The fraction of sp³-hybridized carbons (Fsp3) is 0.480. The van der Waals surface area contributed by atoms with Crippen LogP contribution in [0.1, 0.15) is 43.7 Å². The zero-order valence-electron chi connectivity index (χ0n) is 17.6. The van der Waals surface area contributed by atoms with Crippen molar-refractivity contribution in [3.63, 3.8) is 0 Å². The number of anilines is 1. The summed E-state index contributed by atoms with van der Waals surface area (Å²) in [4.78, 5) is 15.8. The Hall–Kier alpha value is -2.33. The molecule has 2 aromatic rings. The summed E-state index contributed by atoms with van der Waals surface area (Å²) in [6.07, 6.45) is 3.63. The fourth-order valence-corrected chi connectivity index (χ4v) is 5.33. The third-order valence-corrected chi connectivity index (χ3v) is 7.06. The summed E-state index contributed by atoms with van der Waals surface area (Å²) < 4.78 is 0. The molecule has 2 aliphatic rings. The summed E-state index contributed by atoms with van der Waals surface area (Å²) in [5, 5.41) is 13.5. The zero-order valence-corrected chi connectivity index (χ0v) is 17.6. The summed E-state index contributed by atoms with van der Waals surface area (Å²) in [5.74, 6) is 1.20. The molecule has 154 valence electrons. The molecule has 3 unspecified atom stereocenters. The first kappa shape index (κ1) is 20.0. The highest BCUT2D eigenvalue weighted by Gasteiger charge is 2.46. The van der Waals surface area contributed by atoms with Gasteiger partial charge in [0.05, 0.1) is 6.10 Å². The van der Waals surface area contributed by atoms with Crippen LogP contribution in [0.3, 0.4) is 0 Å². The molecule has 29 heavy (non-hydrogen) atoms. The van der Waals surface area contributed by atoms with Gasteiger partial charge in [-0.25, -0.2) is 0 Å². The van der Waals surface area contributed by atoms with Gasteiger partial charge in [-0.1, -0.05) is 48.0 Å². The van der Waals surface area contributed by atoms with Crippen LogP contribution in [0.2, 0.25) is 0 Å². The standard InChI is InChI=1S/C25H32N2O2/c1-17-9-11-21(12-10-17)26-25(2,20-7-5-4-6-8-20)24(29)27(3)22-13-18-15-23(28)16-19(18)14-22/h4-12,18-19,22-23,26,28H,13-16H2,1-3H3/t18-,19+,22?,23?,25?. The number of hydrogen-bond donors (Lipinski definition) is 2. The van der Waals surface area contributed by atoms with E-state index < -0.39 is 5.54 Å². The number of carbonyl (C=O) groups is 1. The predicted molar refractivity (Wildman–Crippen MR) is 117 cm³/mol. The Kier molecular flexibility index (Phi) is 5.39. The van der Waals surface area contributed by atoms with Gasteiger partial charge in [-0.15, -0.1) is 0 Å². The van der Waals surface area contributed by atoms with E-state index in [2.05, 4.69) is 24.4 Å². The minimum atomic E-state index is -0.845. The Morgan fingerprint density at radius 1 is 1.00 bits per heavy atom. The number of aryl methyl sites for hydroxylation is 1. The Balaban J connectivity index is 1.59. The van der Waals surface area contributed by atoms with Crippen LogP contribution in [0, 0.1) is 18.8 Å². The second kappa shape index (κ2) is 7.83. The van der Waals surface area contributed by atoms with Crippen LogP contribution in [0.25, 0.3) is 0 Å². The molecule has 2 aromatic carbocycles. The van der Waals surface area contributed by atoms with Crippen molar-refractivity contribution >= 4 is 11.6 Å². The van der Waals surface area contributed by atoms with Gasteiger partial charge in [0.15, 0.2) is 0 Å². The normalized spacial score (nSPS) is 27.9. The first-order chi connectivity index (χ1) is 13.9. The zero-order chi connectivity index (χ0) is 20.6. The molecule has 0 bridgehead atoms. The summed E-state index contributed by atoms with van der Waals surface area (Å²) in [5.41, 5.74) is 2.25. The molecule has 1 amide bonds. The summed E-state index contributed by atoms with van der Waals surface area (Å²) in [7, 11) is 1.95. The van der Waals surface area contributed by atoms with Crippen molar-refractivity contribution in [1.29, 1.82) is 0 Å². The molecule has 2 fully saturated rings. The maximum absolute atomic E-state index is 13.8. The second-order valence-corrected chi connectivity index (χ2v) is 9.17. The van der Waals surface area contributed by atoms with E-state index in [1.54, 1.807) is 0 Å². The lowest BCUT2D eigenvalue weighted by molar-refractivity contribution is -0.136. The first-order valence-corrected chi connectivity index (χ1v) is 10.7. The molecule has 4 nitrogen and oxygen atoms in total. The molecule has 0 spiro atoms. The van der Waals surface area contributed by atoms with E-state index in [0.29, 0.717) is 11.8 Å². The van der Waals surface area contributed by atoms with Crippen molar-refractivity contribution in [3.05, 3.63) is 65.7 Å². The molecule has 5 atom stereocenters. The number of amides is 1. The van der Waals surface area contributed by atoms with Crippen LogP contribution < -0.4 is 5.32 Å². The minimum absolute atomic E-state index is 0.0924. The van der Waals surface area contributed by atoms with Gasteiger partial charge < -0.3 is 15.3 Å². The molecule has 0 aliphatic heterocycles. The van der Waals surface area contributed by atoms with Crippen molar-refractivity contribution in [1.82, 2.24) is 4.90 Å². The molecule has 2 N–H and O–H groups in total. The quantitative estimate of drug-likeness (QED) is 0.796. The number of likely N-dealkylation sites (N-methyl/N-ethyl adjacent to an activating group) is 1. The van der Waals surface area contributed by atoms with Crippen molar-refractivity contribution in [2.45, 2.75) is 57.2 Å². The maximum Gasteiger partial charge on any atom is 0.252 e. The number of benzene rings is 2. The summed E-state index contributed by atoms with van der Waals surface area (Å²) in [6.45, 7) is 4.05. The molecule has 4 rings (SSSR count). The first-order valence-electron chi connectivity index (χ1n) is 10.7. The van der Waals surface area contributed by atoms with Crippen LogP contribution in [-0.4, -0.2) is 35.1 Å². The largest absolute Gasteiger partial charge is 0.393 e. The third kappa shape index (κ3) is 3.91. The Bertz CT molecular complexity index is 837. The smallest absolute Gasteiger partial charge is 0.252 e. The molecule has 0 radical (unpaired) electrons. The molecular formula is C25H32N2O2. The Labute approximate surface area is 173 Å². The maximum atomic E-state index is 13.8. The topological polar surface area (TPSA) is 52.6 Å². The van der Waals surface area contributed by atoms with Crippen LogP contribution >= 0.6 is 0 Å². The van der Waals surface area contributed by atoms with Gasteiger partial charge in [-0.3, -0.25) is 4.79 Å². The molecule has 0 heterocycles. The van der Waals surface area contributed by atoms with Crippen molar-refractivity contribution in [2.75, 3.05) is 12.4 Å².